The maximum atomic E-state index is 10.1. The lowest BCUT2D eigenvalue weighted by atomic mass is 10.2. The van der Waals surface area contributed by atoms with Crippen molar-refractivity contribution < 1.29 is 19.3 Å². The van der Waals surface area contributed by atoms with Crippen LogP contribution >= 0.6 is 12.2 Å². The van der Waals surface area contributed by atoms with Crippen LogP contribution in [0.5, 0.6) is 17.4 Å². The van der Waals surface area contributed by atoms with Crippen LogP contribution in [0.1, 0.15) is 6.92 Å². The standard InChI is InChI=1S/C15H18N4O4S/c1-8(7-21-2)16-15(24)19-18-13-9-5-11-12(23-4-3-22-11)6-10(9)17-14(13)20/h5-6,8,17,20H,3-4,7H2,1-2H3,(H,16,24)/t8-/m1/s1. The fraction of sp³-hybridized carbons (Fsp3) is 0.400. The SMILES string of the molecule is COC[C@@H](C)NC(=S)N=Nc1c(O)[nH]c2cc3c(cc12)OCCO3. The molecule has 8 nitrogen and oxygen atoms in total. The molecule has 0 saturated heterocycles. The summed E-state index contributed by atoms with van der Waals surface area (Å²) in [6.45, 7) is 3.39. The van der Waals surface area contributed by atoms with Crippen LogP contribution in [0.25, 0.3) is 10.9 Å². The number of nitrogens with zero attached hydrogens (tertiary/aromatic N) is 2. The molecule has 3 N–H and O–H groups in total. The summed E-state index contributed by atoms with van der Waals surface area (Å²) in [6.07, 6.45) is 0. The van der Waals surface area contributed by atoms with Crippen molar-refractivity contribution in [2.24, 2.45) is 10.2 Å². The zero-order valence-electron chi connectivity index (χ0n) is 13.3. The van der Waals surface area contributed by atoms with E-state index in [1.165, 1.54) is 0 Å². The summed E-state index contributed by atoms with van der Waals surface area (Å²) in [5.74, 6) is 1.14. The molecule has 2 aromatic rings. The third-order valence-corrected chi connectivity index (χ3v) is 3.64. The van der Waals surface area contributed by atoms with Crippen LogP contribution in [0.3, 0.4) is 0 Å². The third kappa shape index (κ3) is 3.41. The van der Waals surface area contributed by atoms with Crippen molar-refractivity contribution in [2.45, 2.75) is 13.0 Å². The maximum absolute atomic E-state index is 10.1. The summed E-state index contributed by atoms with van der Waals surface area (Å²) in [5, 5.41) is 21.9. The van der Waals surface area contributed by atoms with Gasteiger partial charge in [0, 0.05) is 24.6 Å². The number of ether oxygens (including phenoxy) is 3. The molecule has 1 aliphatic rings. The fourth-order valence-electron chi connectivity index (χ4n) is 2.43. The number of azo groups is 1. The highest BCUT2D eigenvalue weighted by molar-refractivity contribution is 7.80. The molecule has 1 atom stereocenters. The Hall–Kier alpha value is -2.39. The monoisotopic (exact) mass is 350 g/mol. The molecular weight excluding hydrogens is 332 g/mol. The van der Waals surface area contributed by atoms with Crippen molar-refractivity contribution in [1.29, 1.82) is 0 Å². The minimum atomic E-state index is -0.0937. The topological polar surface area (TPSA) is 100 Å². The molecule has 9 heteroatoms. The Morgan fingerprint density at radius 3 is 2.83 bits per heavy atom. The minimum absolute atomic E-state index is 0.00980. The lowest BCUT2D eigenvalue weighted by Gasteiger charge is -2.18. The predicted octanol–water partition coefficient (Wildman–Crippen LogP) is 2.64. The highest BCUT2D eigenvalue weighted by Gasteiger charge is 2.18. The predicted molar refractivity (Wildman–Crippen MR) is 92.5 cm³/mol. The number of thiocarbonyl (C=S) groups is 1. The summed E-state index contributed by atoms with van der Waals surface area (Å²) < 4.78 is 16.1. The van der Waals surface area contributed by atoms with Gasteiger partial charge in [-0.05, 0) is 25.2 Å². The molecular formula is C15H18N4O4S. The third-order valence-electron chi connectivity index (χ3n) is 3.44. The van der Waals surface area contributed by atoms with Gasteiger partial charge in [-0.15, -0.1) is 10.2 Å². The molecule has 0 amide bonds. The van der Waals surface area contributed by atoms with Crippen LogP contribution in [0, 0.1) is 0 Å². The van der Waals surface area contributed by atoms with E-state index in [4.69, 9.17) is 26.4 Å². The molecule has 128 valence electrons. The number of aromatic hydroxyl groups is 1. The minimum Gasteiger partial charge on any atom is -0.493 e. The van der Waals surface area contributed by atoms with Crippen molar-refractivity contribution >= 4 is 33.9 Å². The number of nitrogens with one attached hydrogen (secondary N) is 2. The van der Waals surface area contributed by atoms with E-state index in [0.717, 1.165) is 0 Å². The van der Waals surface area contributed by atoms with E-state index in [1.807, 2.05) is 6.92 Å². The number of aromatic nitrogens is 1. The van der Waals surface area contributed by atoms with Crippen molar-refractivity contribution in [3.63, 3.8) is 0 Å². The number of hydrogen-bond acceptors (Lipinski definition) is 6. The van der Waals surface area contributed by atoms with Crippen molar-refractivity contribution in [3.05, 3.63) is 12.1 Å². The van der Waals surface area contributed by atoms with Crippen LogP contribution in [0.4, 0.5) is 5.69 Å². The Bertz CT molecular complexity index is 789. The van der Waals surface area contributed by atoms with E-state index >= 15 is 0 Å². The number of fused-ring (bicyclic) bond motifs is 2. The number of benzene rings is 1. The van der Waals surface area contributed by atoms with Gasteiger partial charge in [-0.1, -0.05) is 0 Å². The summed E-state index contributed by atoms with van der Waals surface area (Å²) in [5.41, 5.74) is 0.975. The van der Waals surface area contributed by atoms with Gasteiger partial charge >= 0.3 is 0 Å². The van der Waals surface area contributed by atoms with Gasteiger partial charge in [0.05, 0.1) is 12.1 Å². The van der Waals surface area contributed by atoms with Crippen LogP contribution in [0.2, 0.25) is 0 Å². The van der Waals surface area contributed by atoms with E-state index in [9.17, 15) is 5.11 Å². The lowest BCUT2D eigenvalue weighted by Crippen LogP contribution is -2.33. The number of hydrogen-bond donors (Lipinski definition) is 3. The number of methoxy groups -OCH3 is 1. The van der Waals surface area contributed by atoms with Crippen LogP contribution in [-0.2, 0) is 4.74 Å². The van der Waals surface area contributed by atoms with Crippen molar-refractivity contribution in [2.75, 3.05) is 26.9 Å². The summed E-state index contributed by atoms with van der Waals surface area (Å²) in [7, 11) is 1.61. The van der Waals surface area contributed by atoms with Crippen molar-refractivity contribution in [1.82, 2.24) is 10.3 Å². The van der Waals surface area contributed by atoms with E-state index in [2.05, 4.69) is 20.5 Å². The quantitative estimate of drug-likeness (QED) is 0.579. The Labute approximate surface area is 143 Å². The normalized spacial score (nSPS) is 14.9. The molecule has 0 unspecified atom stereocenters. The first-order valence-corrected chi connectivity index (χ1v) is 7.84. The molecule has 0 radical (unpaired) electrons. The van der Waals surface area contributed by atoms with Crippen molar-refractivity contribution in [3.8, 4) is 17.4 Å². The molecule has 1 aliphatic heterocycles. The molecule has 1 aromatic carbocycles. The first-order valence-electron chi connectivity index (χ1n) is 7.44. The van der Waals surface area contributed by atoms with Gasteiger partial charge in [0.25, 0.3) is 0 Å². The molecule has 0 aliphatic carbocycles. The average Bonchev–Trinajstić information content (AvgIpc) is 2.85. The summed E-state index contributed by atoms with van der Waals surface area (Å²) >= 11 is 5.12. The maximum Gasteiger partial charge on any atom is 0.218 e. The van der Waals surface area contributed by atoms with Gasteiger partial charge in [-0.2, -0.15) is 0 Å². The second-order valence-electron chi connectivity index (χ2n) is 5.37. The molecule has 24 heavy (non-hydrogen) atoms. The van der Waals surface area contributed by atoms with E-state index < -0.39 is 0 Å². The molecule has 0 saturated carbocycles. The Kier molecular flexibility index (Phi) is 4.81. The van der Waals surface area contributed by atoms with Gasteiger partial charge in [-0.3, -0.25) is 0 Å². The largest absolute Gasteiger partial charge is 0.493 e. The Balaban J connectivity index is 1.85. The van der Waals surface area contributed by atoms with Crippen LogP contribution < -0.4 is 14.8 Å². The van der Waals surface area contributed by atoms with Gasteiger partial charge in [-0.25, -0.2) is 0 Å². The Morgan fingerprint density at radius 1 is 1.42 bits per heavy atom. The lowest BCUT2D eigenvalue weighted by molar-refractivity contribution is 0.172. The molecule has 3 rings (SSSR count). The molecule has 0 spiro atoms. The first kappa shape index (κ1) is 16.5. The highest BCUT2D eigenvalue weighted by atomic mass is 32.1. The molecule has 0 bridgehead atoms. The van der Waals surface area contributed by atoms with Gasteiger partial charge < -0.3 is 29.6 Å². The highest BCUT2D eigenvalue weighted by Crippen LogP contribution is 2.42. The number of aromatic amines is 1. The molecule has 1 aromatic heterocycles. The fourth-order valence-corrected chi connectivity index (χ4v) is 2.67. The summed E-state index contributed by atoms with van der Waals surface area (Å²) in [4.78, 5) is 2.84. The molecule has 0 fully saturated rings. The van der Waals surface area contributed by atoms with Gasteiger partial charge in [0.1, 0.15) is 13.2 Å². The van der Waals surface area contributed by atoms with Gasteiger partial charge in [0.2, 0.25) is 11.0 Å². The van der Waals surface area contributed by atoms with E-state index in [0.29, 0.717) is 47.9 Å². The van der Waals surface area contributed by atoms with E-state index in [1.54, 1.807) is 19.2 Å². The first-order chi connectivity index (χ1) is 11.6. The van der Waals surface area contributed by atoms with E-state index in [-0.39, 0.29) is 17.0 Å². The van der Waals surface area contributed by atoms with Gasteiger partial charge in [0.15, 0.2) is 17.2 Å². The zero-order chi connectivity index (χ0) is 17.1. The second-order valence-corrected chi connectivity index (χ2v) is 5.76. The summed E-state index contributed by atoms with van der Waals surface area (Å²) in [6, 6.07) is 3.54. The number of H-pyrrole nitrogens is 1. The second kappa shape index (κ2) is 7.02. The Morgan fingerprint density at radius 2 is 2.12 bits per heavy atom. The molecule has 2 heterocycles. The van der Waals surface area contributed by atoms with Crippen LogP contribution in [-0.4, -0.2) is 48.2 Å². The van der Waals surface area contributed by atoms with Crippen LogP contribution in [0.15, 0.2) is 22.4 Å². The average molecular weight is 350 g/mol. The smallest absolute Gasteiger partial charge is 0.218 e. The zero-order valence-corrected chi connectivity index (χ0v) is 14.1. The number of rotatable bonds is 4.